The highest BCUT2D eigenvalue weighted by Crippen LogP contribution is 2.23. The monoisotopic (exact) mass is 367 g/mol. The molecule has 2 aromatic heterocycles. The van der Waals surface area contributed by atoms with Gasteiger partial charge in [0, 0.05) is 46.0 Å². The molecule has 0 amide bonds. The van der Waals surface area contributed by atoms with Crippen LogP contribution in [0.5, 0.6) is 0 Å². The summed E-state index contributed by atoms with van der Waals surface area (Å²) < 4.78 is 2.22. The summed E-state index contributed by atoms with van der Waals surface area (Å²) in [5.41, 5.74) is 6.85. The van der Waals surface area contributed by atoms with E-state index in [0.29, 0.717) is 5.56 Å². The average molecular weight is 367 g/mol. The van der Waals surface area contributed by atoms with E-state index >= 15 is 0 Å². The molecular weight excluding hydrogens is 346 g/mol. The third-order valence-corrected chi connectivity index (χ3v) is 4.92. The number of fused-ring (bicyclic) bond motifs is 1. The summed E-state index contributed by atoms with van der Waals surface area (Å²) in [4.78, 5) is 20.5. The lowest BCUT2D eigenvalue weighted by atomic mass is 10.1. The van der Waals surface area contributed by atoms with Crippen molar-refractivity contribution in [3.63, 3.8) is 0 Å². The first-order chi connectivity index (χ1) is 13.5. The highest BCUT2D eigenvalue weighted by molar-refractivity contribution is 5.95. The normalized spacial score (nSPS) is 11.4. The zero-order chi connectivity index (χ0) is 19.7. The van der Waals surface area contributed by atoms with Gasteiger partial charge < -0.3 is 4.57 Å². The Balaban J connectivity index is 1.71. The Morgan fingerprint density at radius 1 is 1.04 bits per heavy atom. The molecule has 0 atom stereocenters. The summed E-state index contributed by atoms with van der Waals surface area (Å²) in [5.74, 6) is 0.0426. The van der Waals surface area contributed by atoms with E-state index < -0.39 is 0 Å². The lowest BCUT2D eigenvalue weighted by molar-refractivity contribution is 0.101. The number of ketones is 1. The third kappa shape index (κ3) is 3.37. The standard InChI is InChI=1S/C24H21N3O/c1-16-12-21(15-26-22-8-4-6-19(13-22)18(3)28)17(2)27(16)23-9-10-24-20(14-23)7-5-11-25-24/h4-15H,1-3H3. The summed E-state index contributed by atoms with van der Waals surface area (Å²) in [6.45, 7) is 5.75. The molecule has 138 valence electrons. The summed E-state index contributed by atoms with van der Waals surface area (Å²) in [7, 11) is 0. The van der Waals surface area contributed by atoms with Crippen molar-refractivity contribution in [2.75, 3.05) is 0 Å². The molecule has 4 aromatic rings. The lowest BCUT2D eigenvalue weighted by Crippen LogP contribution is -1.99. The molecule has 0 aliphatic rings. The predicted octanol–water partition coefficient (Wildman–Crippen LogP) is 5.60. The fourth-order valence-electron chi connectivity index (χ4n) is 3.47. The molecule has 0 N–H and O–H groups in total. The van der Waals surface area contributed by atoms with E-state index in [9.17, 15) is 4.79 Å². The molecule has 28 heavy (non-hydrogen) atoms. The number of carbonyl (C=O) groups is 1. The van der Waals surface area contributed by atoms with Crippen molar-refractivity contribution < 1.29 is 4.79 Å². The quantitative estimate of drug-likeness (QED) is 0.348. The van der Waals surface area contributed by atoms with E-state index in [0.717, 1.165) is 39.2 Å². The van der Waals surface area contributed by atoms with Crippen LogP contribution in [0, 0.1) is 13.8 Å². The van der Waals surface area contributed by atoms with Gasteiger partial charge in [-0.3, -0.25) is 14.8 Å². The first-order valence-electron chi connectivity index (χ1n) is 9.22. The van der Waals surface area contributed by atoms with Crippen LogP contribution in [0.1, 0.15) is 34.2 Å². The van der Waals surface area contributed by atoms with Crippen molar-refractivity contribution in [1.82, 2.24) is 9.55 Å². The highest BCUT2D eigenvalue weighted by Gasteiger charge is 2.10. The maximum absolute atomic E-state index is 11.6. The van der Waals surface area contributed by atoms with Gasteiger partial charge in [0.05, 0.1) is 11.2 Å². The fourth-order valence-corrected chi connectivity index (χ4v) is 3.47. The van der Waals surface area contributed by atoms with Gasteiger partial charge in [-0.1, -0.05) is 18.2 Å². The number of pyridine rings is 1. The molecule has 2 heterocycles. The number of hydrogen-bond donors (Lipinski definition) is 0. The summed E-state index contributed by atoms with van der Waals surface area (Å²) >= 11 is 0. The number of aliphatic imine (C=N–C) groups is 1. The van der Waals surface area contributed by atoms with Crippen LogP contribution in [0.15, 0.2) is 71.9 Å². The molecule has 4 nitrogen and oxygen atoms in total. The minimum absolute atomic E-state index is 0.0426. The Hall–Kier alpha value is -3.53. The average Bonchev–Trinajstić information content (AvgIpc) is 2.99. The molecule has 0 saturated carbocycles. The van der Waals surface area contributed by atoms with Crippen molar-refractivity contribution in [2.24, 2.45) is 4.99 Å². The van der Waals surface area contributed by atoms with Crippen molar-refractivity contribution in [1.29, 1.82) is 0 Å². The van der Waals surface area contributed by atoms with Crippen LogP contribution in [0.2, 0.25) is 0 Å². The zero-order valence-corrected chi connectivity index (χ0v) is 16.2. The van der Waals surface area contributed by atoms with E-state index in [1.165, 1.54) is 0 Å². The summed E-state index contributed by atoms with van der Waals surface area (Å²) in [6.07, 6.45) is 3.67. The van der Waals surface area contributed by atoms with Crippen LogP contribution in [-0.2, 0) is 0 Å². The molecule has 0 aliphatic heterocycles. The number of aryl methyl sites for hydroxylation is 1. The molecule has 0 radical (unpaired) electrons. The van der Waals surface area contributed by atoms with E-state index in [-0.39, 0.29) is 5.78 Å². The second-order valence-electron chi connectivity index (χ2n) is 6.91. The summed E-state index contributed by atoms with van der Waals surface area (Å²) in [5, 5.41) is 1.11. The molecule has 0 bridgehead atoms. The van der Waals surface area contributed by atoms with Crippen LogP contribution in [0.3, 0.4) is 0 Å². The number of nitrogens with zero attached hydrogens (tertiary/aromatic N) is 3. The maximum atomic E-state index is 11.6. The van der Waals surface area contributed by atoms with Crippen LogP contribution < -0.4 is 0 Å². The lowest BCUT2D eigenvalue weighted by Gasteiger charge is -2.10. The second-order valence-corrected chi connectivity index (χ2v) is 6.91. The van der Waals surface area contributed by atoms with Gasteiger partial charge in [0.25, 0.3) is 0 Å². The van der Waals surface area contributed by atoms with Crippen molar-refractivity contribution in [2.45, 2.75) is 20.8 Å². The van der Waals surface area contributed by atoms with Gasteiger partial charge in [-0.15, -0.1) is 0 Å². The number of benzene rings is 2. The van der Waals surface area contributed by atoms with Gasteiger partial charge in [-0.2, -0.15) is 0 Å². The maximum Gasteiger partial charge on any atom is 0.159 e. The molecule has 0 saturated heterocycles. The fraction of sp³-hybridized carbons (Fsp3) is 0.125. The largest absolute Gasteiger partial charge is 0.318 e. The van der Waals surface area contributed by atoms with E-state index in [4.69, 9.17) is 0 Å². The van der Waals surface area contributed by atoms with E-state index in [1.807, 2.05) is 48.8 Å². The van der Waals surface area contributed by atoms with Crippen LogP contribution >= 0.6 is 0 Å². The van der Waals surface area contributed by atoms with Gasteiger partial charge in [-0.25, -0.2) is 0 Å². The molecule has 0 unspecified atom stereocenters. The Labute approximate surface area is 164 Å². The van der Waals surface area contributed by atoms with Crippen molar-refractivity contribution in [3.8, 4) is 5.69 Å². The van der Waals surface area contributed by atoms with Crippen LogP contribution in [-0.4, -0.2) is 21.5 Å². The molecular formula is C24H21N3O. The first-order valence-corrected chi connectivity index (χ1v) is 9.22. The third-order valence-electron chi connectivity index (χ3n) is 4.92. The van der Waals surface area contributed by atoms with Gasteiger partial charge in [0.2, 0.25) is 0 Å². The molecule has 0 aliphatic carbocycles. The van der Waals surface area contributed by atoms with Crippen molar-refractivity contribution >= 4 is 28.6 Å². The summed E-state index contributed by atoms with van der Waals surface area (Å²) in [6, 6.07) is 19.8. The Bertz CT molecular complexity index is 1220. The topological polar surface area (TPSA) is 47.2 Å². The minimum Gasteiger partial charge on any atom is -0.318 e. The number of carbonyl (C=O) groups excluding carboxylic acids is 1. The van der Waals surface area contributed by atoms with Crippen LogP contribution in [0.25, 0.3) is 16.6 Å². The second kappa shape index (κ2) is 7.24. The predicted molar refractivity (Wildman–Crippen MR) is 114 cm³/mol. The zero-order valence-electron chi connectivity index (χ0n) is 16.2. The number of Topliss-reactive ketones (excluding diaryl/α,β-unsaturated/α-hetero) is 1. The van der Waals surface area contributed by atoms with Gasteiger partial charge in [0.15, 0.2) is 5.78 Å². The molecule has 0 spiro atoms. The van der Waals surface area contributed by atoms with E-state index in [2.05, 4.69) is 52.7 Å². The van der Waals surface area contributed by atoms with Crippen molar-refractivity contribution in [3.05, 3.63) is 89.4 Å². The molecule has 4 heteroatoms. The first kappa shape index (κ1) is 17.9. The Morgan fingerprint density at radius 2 is 1.89 bits per heavy atom. The van der Waals surface area contributed by atoms with Gasteiger partial charge >= 0.3 is 0 Å². The smallest absolute Gasteiger partial charge is 0.159 e. The highest BCUT2D eigenvalue weighted by atomic mass is 16.1. The number of hydrogen-bond acceptors (Lipinski definition) is 3. The minimum atomic E-state index is 0.0426. The molecule has 4 rings (SSSR count). The Kier molecular flexibility index (Phi) is 4.62. The Morgan fingerprint density at radius 3 is 2.71 bits per heavy atom. The number of aromatic nitrogens is 2. The van der Waals surface area contributed by atoms with E-state index in [1.54, 1.807) is 6.92 Å². The SMILES string of the molecule is CC(=O)c1cccc(N=Cc2cc(C)n(-c3ccc4ncccc4c3)c2C)c1. The van der Waals surface area contributed by atoms with Crippen LogP contribution in [0.4, 0.5) is 5.69 Å². The number of rotatable bonds is 4. The van der Waals surface area contributed by atoms with Gasteiger partial charge in [0.1, 0.15) is 0 Å². The molecule has 0 fully saturated rings. The molecule has 2 aromatic carbocycles. The van der Waals surface area contributed by atoms with Gasteiger partial charge in [-0.05, 0) is 63.2 Å².